The van der Waals surface area contributed by atoms with Crippen molar-refractivity contribution in [1.29, 1.82) is 0 Å². The summed E-state index contributed by atoms with van der Waals surface area (Å²) < 4.78 is 4.80. The van der Waals surface area contributed by atoms with Crippen LogP contribution in [0.15, 0.2) is 17.5 Å². The van der Waals surface area contributed by atoms with Crippen LogP contribution in [0, 0.1) is 6.92 Å². The van der Waals surface area contributed by atoms with Crippen molar-refractivity contribution < 1.29 is 19.4 Å². The van der Waals surface area contributed by atoms with Crippen molar-refractivity contribution in [2.75, 3.05) is 12.4 Å². The molecule has 0 spiro atoms. The molecular formula is C13H14N2O4S2. The zero-order valence-electron chi connectivity index (χ0n) is 11.7. The third kappa shape index (κ3) is 3.12. The number of carboxylic acid groups (broad SMARTS) is 1. The summed E-state index contributed by atoms with van der Waals surface area (Å²) in [4.78, 5) is 29.6. The van der Waals surface area contributed by atoms with Gasteiger partial charge in [0.25, 0.3) is 5.91 Å². The maximum absolute atomic E-state index is 12.0. The highest BCUT2D eigenvalue weighted by molar-refractivity contribution is 7.17. The molecule has 0 aromatic carbocycles. The predicted molar refractivity (Wildman–Crippen MR) is 81.8 cm³/mol. The van der Waals surface area contributed by atoms with Gasteiger partial charge in [-0.05, 0) is 26.0 Å². The van der Waals surface area contributed by atoms with Gasteiger partial charge >= 0.3 is 5.97 Å². The van der Waals surface area contributed by atoms with Gasteiger partial charge in [-0.1, -0.05) is 0 Å². The number of anilines is 1. The van der Waals surface area contributed by atoms with Gasteiger partial charge in [0, 0.05) is 17.4 Å². The number of thiophene rings is 1. The number of aryl methyl sites for hydroxylation is 1. The Balaban J connectivity index is 2.16. The Morgan fingerprint density at radius 2 is 2.14 bits per heavy atom. The molecule has 0 aliphatic rings. The predicted octanol–water partition coefficient (Wildman–Crippen LogP) is 2.61. The molecule has 0 saturated carbocycles. The molecule has 0 aliphatic heterocycles. The summed E-state index contributed by atoms with van der Waals surface area (Å²) in [6.07, 6.45) is 0. The lowest BCUT2D eigenvalue weighted by Crippen LogP contribution is -2.48. The van der Waals surface area contributed by atoms with E-state index in [1.807, 2.05) is 24.4 Å². The molecule has 1 atom stereocenters. The van der Waals surface area contributed by atoms with E-state index in [0.29, 0.717) is 5.13 Å². The summed E-state index contributed by atoms with van der Waals surface area (Å²) >= 11 is 2.84. The topological polar surface area (TPSA) is 88.5 Å². The fourth-order valence-electron chi connectivity index (χ4n) is 1.51. The molecule has 0 aliphatic carbocycles. The van der Waals surface area contributed by atoms with E-state index in [0.717, 1.165) is 10.6 Å². The Bertz CT molecular complexity index is 679. The van der Waals surface area contributed by atoms with E-state index in [1.54, 1.807) is 11.3 Å². The normalized spacial score (nSPS) is 13.7. The number of carbonyl (C=O) groups excluding carboxylic acids is 1. The van der Waals surface area contributed by atoms with Crippen molar-refractivity contribution in [3.8, 4) is 10.6 Å². The molecule has 21 heavy (non-hydrogen) atoms. The second-order valence-electron chi connectivity index (χ2n) is 4.44. The summed E-state index contributed by atoms with van der Waals surface area (Å²) in [5.74, 6) is -2.12. The van der Waals surface area contributed by atoms with E-state index >= 15 is 0 Å². The minimum absolute atomic E-state index is 0.338. The van der Waals surface area contributed by atoms with Crippen molar-refractivity contribution in [1.82, 2.24) is 4.98 Å². The standard InChI is InChI=1S/C13H14N2O4S2/c1-7-4-5-9(21-7)8-6-20-12(14-8)15-10(16)13(2,19-3)11(17)18/h4-6H,1-3H3,(H,17,18)(H,14,15,16). The number of carbonyl (C=O) groups is 2. The van der Waals surface area contributed by atoms with Crippen LogP contribution >= 0.6 is 22.7 Å². The first kappa shape index (κ1) is 15.6. The maximum Gasteiger partial charge on any atom is 0.345 e. The van der Waals surface area contributed by atoms with Gasteiger partial charge in [-0.2, -0.15) is 0 Å². The second-order valence-corrected chi connectivity index (χ2v) is 6.59. The lowest BCUT2D eigenvalue weighted by Gasteiger charge is -2.20. The van der Waals surface area contributed by atoms with Gasteiger partial charge < -0.3 is 9.84 Å². The number of nitrogens with one attached hydrogen (secondary N) is 1. The minimum atomic E-state index is -1.94. The number of thiazole rings is 1. The number of hydrogen-bond acceptors (Lipinski definition) is 6. The second kappa shape index (κ2) is 5.92. The molecule has 2 heterocycles. The minimum Gasteiger partial charge on any atom is -0.479 e. The first-order chi connectivity index (χ1) is 9.86. The van der Waals surface area contributed by atoms with Crippen LogP contribution in [-0.2, 0) is 14.3 Å². The number of amides is 1. The monoisotopic (exact) mass is 326 g/mol. The summed E-state index contributed by atoms with van der Waals surface area (Å²) in [5, 5.41) is 13.7. The quantitative estimate of drug-likeness (QED) is 0.825. The van der Waals surface area contributed by atoms with Gasteiger partial charge in [0.2, 0.25) is 5.60 Å². The summed E-state index contributed by atoms with van der Waals surface area (Å²) in [7, 11) is 1.18. The van der Waals surface area contributed by atoms with Crippen LogP contribution in [0.3, 0.4) is 0 Å². The fourth-order valence-corrected chi connectivity index (χ4v) is 3.12. The third-order valence-electron chi connectivity index (χ3n) is 2.97. The van der Waals surface area contributed by atoms with E-state index in [-0.39, 0.29) is 0 Å². The van der Waals surface area contributed by atoms with Crippen LogP contribution in [-0.4, -0.2) is 34.7 Å². The van der Waals surface area contributed by atoms with Gasteiger partial charge in [-0.25, -0.2) is 9.78 Å². The number of ether oxygens (including phenoxy) is 1. The Kier molecular flexibility index (Phi) is 4.40. The van der Waals surface area contributed by atoms with E-state index in [2.05, 4.69) is 10.3 Å². The molecule has 1 unspecified atom stereocenters. The number of nitrogens with zero attached hydrogens (tertiary/aromatic N) is 1. The van der Waals surface area contributed by atoms with Crippen LogP contribution < -0.4 is 5.32 Å². The molecule has 0 bridgehead atoms. The molecule has 0 saturated heterocycles. The van der Waals surface area contributed by atoms with E-state index in [1.165, 1.54) is 30.2 Å². The van der Waals surface area contributed by atoms with E-state index in [9.17, 15) is 9.59 Å². The zero-order valence-corrected chi connectivity index (χ0v) is 13.3. The number of aliphatic carboxylic acids is 1. The Hall–Kier alpha value is -1.77. The number of carboxylic acids is 1. The van der Waals surface area contributed by atoms with Crippen molar-refractivity contribution in [2.45, 2.75) is 19.4 Å². The van der Waals surface area contributed by atoms with Gasteiger partial charge in [-0.15, -0.1) is 22.7 Å². The van der Waals surface area contributed by atoms with Crippen molar-refractivity contribution in [2.24, 2.45) is 0 Å². The largest absolute Gasteiger partial charge is 0.479 e. The number of methoxy groups -OCH3 is 1. The first-order valence-electron chi connectivity index (χ1n) is 5.99. The molecule has 112 valence electrons. The molecule has 0 radical (unpaired) electrons. The third-order valence-corrected chi connectivity index (χ3v) is 4.75. The average molecular weight is 326 g/mol. The smallest absolute Gasteiger partial charge is 0.345 e. The van der Waals surface area contributed by atoms with E-state index < -0.39 is 17.5 Å². The molecule has 1 amide bonds. The Morgan fingerprint density at radius 3 is 2.67 bits per heavy atom. The molecule has 2 N–H and O–H groups in total. The molecule has 8 heteroatoms. The fraction of sp³-hybridized carbons (Fsp3) is 0.308. The highest BCUT2D eigenvalue weighted by Gasteiger charge is 2.42. The van der Waals surface area contributed by atoms with Gasteiger partial charge in [0.1, 0.15) is 0 Å². The van der Waals surface area contributed by atoms with E-state index in [4.69, 9.17) is 9.84 Å². The van der Waals surface area contributed by atoms with Crippen LogP contribution in [0.25, 0.3) is 10.6 Å². The summed E-state index contributed by atoms with van der Waals surface area (Å²) in [6.45, 7) is 3.20. The van der Waals surface area contributed by atoms with Gasteiger partial charge in [0.05, 0.1) is 10.6 Å². The SMILES string of the molecule is COC(C)(C(=O)O)C(=O)Nc1nc(-c2ccc(C)s2)cs1. The molecular weight excluding hydrogens is 312 g/mol. The lowest BCUT2D eigenvalue weighted by molar-refractivity contribution is -0.165. The molecule has 6 nitrogen and oxygen atoms in total. The first-order valence-corrected chi connectivity index (χ1v) is 7.69. The number of rotatable bonds is 5. The highest BCUT2D eigenvalue weighted by atomic mass is 32.1. The number of hydrogen-bond donors (Lipinski definition) is 2. The molecule has 2 aromatic heterocycles. The molecule has 2 rings (SSSR count). The lowest BCUT2D eigenvalue weighted by atomic mass is 10.1. The van der Waals surface area contributed by atoms with Gasteiger partial charge in [0.15, 0.2) is 5.13 Å². The van der Waals surface area contributed by atoms with Crippen molar-refractivity contribution in [3.05, 3.63) is 22.4 Å². The van der Waals surface area contributed by atoms with Gasteiger partial charge in [-0.3, -0.25) is 10.1 Å². The zero-order chi connectivity index (χ0) is 15.6. The van der Waals surface area contributed by atoms with Crippen LogP contribution in [0.5, 0.6) is 0 Å². The van der Waals surface area contributed by atoms with Crippen molar-refractivity contribution >= 4 is 39.7 Å². The summed E-state index contributed by atoms with van der Waals surface area (Å²) in [5.41, 5.74) is -1.19. The Morgan fingerprint density at radius 1 is 1.43 bits per heavy atom. The van der Waals surface area contributed by atoms with Crippen LogP contribution in [0.2, 0.25) is 0 Å². The maximum atomic E-state index is 12.0. The summed E-state index contributed by atoms with van der Waals surface area (Å²) in [6, 6.07) is 3.95. The average Bonchev–Trinajstić information content (AvgIpc) is 3.06. The van der Waals surface area contributed by atoms with Crippen LogP contribution in [0.1, 0.15) is 11.8 Å². The number of aromatic nitrogens is 1. The molecule has 0 fully saturated rings. The van der Waals surface area contributed by atoms with Crippen LogP contribution in [0.4, 0.5) is 5.13 Å². The highest BCUT2D eigenvalue weighted by Crippen LogP contribution is 2.30. The Labute approximate surface area is 129 Å². The van der Waals surface area contributed by atoms with Crippen molar-refractivity contribution in [3.63, 3.8) is 0 Å². The molecule has 2 aromatic rings.